The number of hydrogen-bond donors (Lipinski definition) is 1. The maximum atomic E-state index is 12.9. The highest BCUT2D eigenvalue weighted by Crippen LogP contribution is 2.19. The van der Waals surface area contributed by atoms with Crippen LogP contribution in [0.4, 0.5) is 9.59 Å². The molecule has 1 N–H and O–H groups in total. The largest absolute Gasteiger partial charge is 0.444 e. The molecule has 0 spiro atoms. The lowest BCUT2D eigenvalue weighted by atomic mass is 10.1. The van der Waals surface area contributed by atoms with E-state index < -0.39 is 23.6 Å². The lowest BCUT2D eigenvalue weighted by Gasteiger charge is -2.33. The SMILES string of the molecule is CC(C)(C)NC(=O)C1=CN(C(=O)Oc2ccccc2)CCN1C(=O)OCc1ccccc1. The number of carbonyl (C=O) groups excluding carboxylic acids is 3. The van der Waals surface area contributed by atoms with Crippen molar-refractivity contribution in [3.8, 4) is 5.75 Å². The van der Waals surface area contributed by atoms with E-state index >= 15 is 0 Å². The third-order valence-corrected chi connectivity index (χ3v) is 4.46. The van der Waals surface area contributed by atoms with Gasteiger partial charge in [0.15, 0.2) is 0 Å². The zero-order chi connectivity index (χ0) is 23.1. The number of benzene rings is 2. The second-order valence-electron chi connectivity index (χ2n) is 8.28. The van der Waals surface area contributed by atoms with E-state index in [0.29, 0.717) is 5.75 Å². The molecule has 0 atom stereocenters. The number of ether oxygens (including phenoxy) is 2. The molecule has 1 heterocycles. The Morgan fingerprint density at radius 2 is 1.53 bits per heavy atom. The standard InChI is InChI=1S/C24H27N3O5/c1-24(2,3)25-21(28)20-16-26(22(29)32-19-12-8-5-9-13-19)14-15-27(20)23(30)31-17-18-10-6-4-7-11-18/h4-13,16H,14-15,17H2,1-3H3,(H,25,28). The van der Waals surface area contributed by atoms with E-state index in [-0.39, 0.29) is 25.4 Å². The number of nitrogens with one attached hydrogen (secondary N) is 1. The molecule has 1 aliphatic rings. The van der Waals surface area contributed by atoms with Gasteiger partial charge in [-0.25, -0.2) is 9.59 Å². The predicted octanol–water partition coefficient (Wildman–Crippen LogP) is 3.90. The van der Waals surface area contributed by atoms with E-state index in [9.17, 15) is 14.4 Å². The lowest BCUT2D eigenvalue weighted by molar-refractivity contribution is -0.120. The van der Waals surface area contributed by atoms with Crippen molar-refractivity contribution in [2.24, 2.45) is 0 Å². The van der Waals surface area contributed by atoms with Crippen molar-refractivity contribution in [2.75, 3.05) is 13.1 Å². The first-order chi connectivity index (χ1) is 15.2. The Bertz CT molecular complexity index is 984. The summed E-state index contributed by atoms with van der Waals surface area (Å²) in [5.74, 6) is -0.109. The molecule has 3 amide bonds. The van der Waals surface area contributed by atoms with E-state index in [4.69, 9.17) is 9.47 Å². The quantitative estimate of drug-likeness (QED) is 0.784. The normalized spacial score (nSPS) is 13.8. The van der Waals surface area contributed by atoms with Gasteiger partial charge in [-0.2, -0.15) is 0 Å². The fourth-order valence-corrected chi connectivity index (χ4v) is 2.97. The summed E-state index contributed by atoms with van der Waals surface area (Å²) >= 11 is 0. The summed E-state index contributed by atoms with van der Waals surface area (Å²) < 4.78 is 10.8. The van der Waals surface area contributed by atoms with Crippen molar-refractivity contribution in [1.82, 2.24) is 15.1 Å². The van der Waals surface area contributed by atoms with Crippen molar-refractivity contribution in [2.45, 2.75) is 32.9 Å². The maximum Gasteiger partial charge on any atom is 0.419 e. The second kappa shape index (κ2) is 10.00. The van der Waals surface area contributed by atoms with E-state index in [0.717, 1.165) is 5.56 Å². The highest BCUT2D eigenvalue weighted by Gasteiger charge is 2.33. The predicted molar refractivity (Wildman–Crippen MR) is 118 cm³/mol. The van der Waals surface area contributed by atoms with E-state index in [2.05, 4.69) is 5.32 Å². The molecule has 0 radical (unpaired) electrons. The van der Waals surface area contributed by atoms with Crippen molar-refractivity contribution in [3.05, 3.63) is 78.1 Å². The fraction of sp³-hybridized carbons (Fsp3) is 0.292. The van der Waals surface area contributed by atoms with Gasteiger partial charge in [0.25, 0.3) is 5.91 Å². The van der Waals surface area contributed by atoms with Gasteiger partial charge >= 0.3 is 12.2 Å². The van der Waals surface area contributed by atoms with Crippen molar-refractivity contribution in [3.63, 3.8) is 0 Å². The Morgan fingerprint density at radius 3 is 2.16 bits per heavy atom. The average molecular weight is 437 g/mol. The summed E-state index contributed by atoms with van der Waals surface area (Å²) in [6, 6.07) is 17.9. The van der Waals surface area contributed by atoms with Crippen LogP contribution >= 0.6 is 0 Å². The Kier molecular flexibility index (Phi) is 7.14. The molecular formula is C24H27N3O5. The third kappa shape index (κ3) is 6.34. The van der Waals surface area contributed by atoms with Crippen LogP contribution in [0.25, 0.3) is 0 Å². The van der Waals surface area contributed by atoms with Gasteiger partial charge in [-0.15, -0.1) is 0 Å². The molecule has 0 saturated carbocycles. The number of carbonyl (C=O) groups is 3. The zero-order valence-electron chi connectivity index (χ0n) is 18.4. The minimum Gasteiger partial charge on any atom is -0.444 e. The van der Waals surface area contributed by atoms with Crippen molar-refractivity contribution >= 4 is 18.1 Å². The van der Waals surface area contributed by atoms with Crippen LogP contribution < -0.4 is 10.1 Å². The molecule has 32 heavy (non-hydrogen) atoms. The summed E-state index contributed by atoms with van der Waals surface area (Å²) in [4.78, 5) is 40.8. The van der Waals surface area contributed by atoms with Crippen LogP contribution in [0.15, 0.2) is 72.6 Å². The second-order valence-corrected chi connectivity index (χ2v) is 8.28. The number of hydrogen-bond acceptors (Lipinski definition) is 5. The van der Waals surface area contributed by atoms with Crippen LogP contribution in [-0.4, -0.2) is 46.5 Å². The average Bonchev–Trinajstić information content (AvgIpc) is 2.77. The van der Waals surface area contributed by atoms with Crippen LogP contribution in [0.2, 0.25) is 0 Å². The molecule has 2 aromatic rings. The Hall–Kier alpha value is -3.81. The summed E-state index contributed by atoms with van der Waals surface area (Å²) in [6.45, 7) is 5.79. The highest BCUT2D eigenvalue weighted by molar-refractivity contribution is 5.97. The maximum absolute atomic E-state index is 12.9. The molecule has 1 aliphatic heterocycles. The molecular weight excluding hydrogens is 410 g/mol. The topological polar surface area (TPSA) is 88.2 Å². The van der Waals surface area contributed by atoms with Gasteiger partial charge in [0.2, 0.25) is 0 Å². The summed E-state index contributed by atoms with van der Waals surface area (Å²) in [5.41, 5.74) is 0.300. The summed E-state index contributed by atoms with van der Waals surface area (Å²) in [7, 11) is 0. The molecule has 0 fully saturated rings. The number of para-hydroxylation sites is 1. The molecule has 8 heteroatoms. The van der Waals surface area contributed by atoms with Crippen LogP contribution in [0.5, 0.6) is 5.75 Å². The molecule has 2 aromatic carbocycles. The Labute approximate surface area is 187 Å². The van der Waals surface area contributed by atoms with Crippen LogP contribution in [0.1, 0.15) is 26.3 Å². The molecule has 0 bridgehead atoms. The van der Waals surface area contributed by atoms with Crippen LogP contribution in [0, 0.1) is 0 Å². The molecule has 8 nitrogen and oxygen atoms in total. The first-order valence-electron chi connectivity index (χ1n) is 10.3. The minimum atomic E-state index is -0.666. The lowest BCUT2D eigenvalue weighted by Crippen LogP contribution is -2.51. The summed E-state index contributed by atoms with van der Waals surface area (Å²) in [5, 5.41) is 2.82. The number of nitrogens with zero attached hydrogens (tertiary/aromatic N) is 2. The van der Waals surface area contributed by atoms with Crippen LogP contribution in [0.3, 0.4) is 0 Å². The van der Waals surface area contributed by atoms with Gasteiger partial charge in [-0.05, 0) is 38.5 Å². The van der Waals surface area contributed by atoms with Crippen molar-refractivity contribution in [1.29, 1.82) is 0 Å². The Morgan fingerprint density at radius 1 is 0.906 bits per heavy atom. The van der Waals surface area contributed by atoms with Gasteiger partial charge < -0.3 is 14.8 Å². The first kappa shape index (κ1) is 22.9. The van der Waals surface area contributed by atoms with Gasteiger partial charge in [0, 0.05) is 24.8 Å². The van der Waals surface area contributed by atoms with Crippen molar-refractivity contribution < 1.29 is 23.9 Å². The number of rotatable bonds is 4. The van der Waals surface area contributed by atoms with Gasteiger partial charge in [0.05, 0.1) is 0 Å². The van der Waals surface area contributed by atoms with Crippen LogP contribution in [-0.2, 0) is 16.1 Å². The van der Waals surface area contributed by atoms with Gasteiger partial charge in [-0.3, -0.25) is 14.6 Å². The Balaban J connectivity index is 1.77. The van der Waals surface area contributed by atoms with Gasteiger partial charge in [0.1, 0.15) is 18.1 Å². The van der Waals surface area contributed by atoms with E-state index in [1.54, 1.807) is 24.3 Å². The third-order valence-electron chi connectivity index (χ3n) is 4.46. The molecule has 0 aromatic heterocycles. The first-order valence-corrected chi connectivity index (χ1v) is 10.3. The molecule has 168 valence electrons. The highest BCUT2D eigenvalue weighted by atomic mass is 16.6. The minimum absolute atomic E-state index is 0.00856. The molecule has 0 unspecified atom stereocenters. The smallest absolute Gasteiger partial charge is 0.419 e. The summed E-state index contributed by atoms with van der Waals surface area (Å²) in [6.07, 6.45) is 0.00870. The van der Waals surface area contributed by atoms with E-state index in [1.807, 2.05) is 57.2 Å². The molecule has 3 rings (SSSR count). The fourth-order valence-electron chi connectivity index (χ4n) is 2.97. The van der Waals surface area contributed by atoms with E-state index in [1.165, 1.54) is 16.0 Å². The van der Waals surface area contributed by atoms with Gasteiger partial charge in [-0.1, -0.05) is 48.5 Å². The number of amides is 3. The molecule has 0 aliphatic carbocycles. The molecule has 0 saturated heterocycles. The monoisotopic (exact) mass is 437 g/mol. The zero-order valence-corrected chi connectivity index (χ0v) is 18.4.